The lowest BCUT2D eigenvalue weighted by Gasteiger charge is -2.27. The second-order valence-corrected chi connectivity index (χ2v) is 7.35. The Morgan fingerprint density at radius 2 is 1.64 bits per heavy atom. The molecule has 1 heterocycles. The maximum Gasteiger partial charge on any atom is 0.362 e. The molecular weight excluding hydrogens is 382 g/mol. The van der Waals surface area contributed by atoms with E-state index in [4.69, 9.17) is 14.2 Å². The van der Waals surface area contributed by atoms with Gasteiger partial charge < -0.3 is 19.1 Å². The van der Waals surface area contributed by atoms with E-state index in [1.807, 2.05) is 13.1 Å². The SMILES string of the molecule is COc1ccc(C=NS(=O)(=O)N=Cc2ccc3c(c2)OCCN3C)cc1OC. The molecule has 9 heteroatoms. The molecule has 0 atom stereocenters. The fourth-order valence-electron chi connectivity index (χ4n) is 2.67. The van der Waals surface area contributed by atoms with Crippen molar-refractivity contribution in [3.05, 3.63) is 47.5 Å². The molecule has 0 spiro atoms. The van der Waals surface area contributed by atoms with Crippen molar-refractivity contribution >= 4 is 28.3 Å². The lowest BCUT2D eigenvalue weighted by molar-refractivity contribution is 0.311. The Kier molecular flexibility index (Phi) is 5.84. The van der Waals surface area contributed by atoms with Gasteiger partial charge in [-0.1, -0.05) is 6.07 Å². The molecule has 0 saturated heterocycles. The summed E-state index contributed by atoms with van der Waals surface area (Å²) in [6, 6.07) is 10.4. The summed E-state index contributed by atoms with van der Waals surface area (Å²) in [6.45, 7) is 1.39. The minimum Gasteiger partial charge on any atom is -0.493 e. The van der Waals surface area contributed by atoms with Gasteiger partial charge in [-0.15, -0.1) is 0 Å². The van der Waals surface area contributed by atoms with Crippen LogP contribution in [0, 0.1) is 0 Å². The third-order valence-corrected chi connectivity index (χ3v) is 4.90. The number of hydrogen-bond acceptors (Lipinski definition) is 6. The third kappa shape index (κ3) is 4.61. The molecule has 0 aromatic heterocycles. The molecule has 3 rings (SSSR count). The predicted octanol–water partition coefficient (Wildman–Crippen LogP) is 2.32. The summed E-state index contributed by atoms with van der Waals surface area (Å²) in [4.78, 5) is 2.07. The first kappa shape index (κ1) is 19.7. The van der Waals surface area contributed by atoms with E-state index in [2.05, 4.69) is 13.7 Å². The van der Waals surface area contributed by atoms with E-state index >= 15 is 0 Å². The molecule has 0 radical (unpaired) electrons. The van der Waals surface area contributed by atoms with E-state index < -0.39 is 10.2 Å². The maximum absolute atomic E-state index is 12.1. The number of methoxy groups -OCH3 is 2. The van der Waals surface area contributed by atoms with Gasteiger partial charge in [0.05, 0.1) is 26.5 Å². The van der Waals surface area contributed by atoms with Crippen molar-refractivity contribution in [1.82, 2.24) is 0 Å². The highest BCUT2D eigenvalue weighted by Crippen LogP contribution is 2.31. The molecule has 0 aliphatic carbocycles. The average Bonchev–Trinajstić information content (AvgIpc) is 2.71. The summed E-state index contributed by atoms with van der Waals surface area (Å²) >= 11 is 0. The zero-order chi connectivity index (χ0) is 20.1. The fraction of sp³-hybridized carbons (Fsp3) is 0.263. The first-order valence-electron chi connectivity index (χ1n) is 8.47. The number of likely N-dealkylation sites (N-methyl/N-ethyl adjacent to an activating group) is 1. The molecule has 1 aliphatic heterocycles. The Labute approximate surface area is 164 Å². The summed E-state index contributed by atoms with van der Waals surface area (Å²) < 4.78 is 47.3. The van der Waals surface area contributed by atoms with E-state index in [0.717, 1.165) is 12.2 Å². The largest absolute Gasteiger partial charge is 0.493 e. The van der Waals surface area contributed by atoms with Gasteiger partial charge >= 0.3 is 10.2 Å². The molecule has 148 valence electrons. The van der Waals surface area contributed by atoms with Gasteiger partial charge in [-0.05, 0) is 41.5 Å². The fourth-order valence-corrected chi connectivity index (χ4v) is 3.23. The standard InChI is InChI=1S/C19H21N3O5S/c1-22-8-9-27-18-10-14(4-6-16(18)22)12-20-28(23,24)21-13-15-5-7-17(25-2)19(11-15)26-3/h4-7,10-13H,8-9H2,1-3H3. The number of fused-ring (bicyclic) bond motifs is 1. The van der Waals surface area contributed by atoms with Crippen molar-refractivity contribution in [1.29, 1.82) is 0 Å². The maximum atomic E-state index is 12.1. The van der Waals surface area contributed by atoms with Crippen LogP contribution in [0.4, 0.5) is 5.69 Å². The van der Waals surface area contributed by atoms with Gasteiger partial charge in [0.2, 0.25) is 0 Å². The number of ether oxygens (including phenoxy) is 3. The van der Waals surface area contributed by atoms with Crippen molar-refractivity contribution in [2.24, 2.45) is 8.80 Å². The van der Waals surface area contributed by atoms with Crippen molar-refractivity contribution < 1.29 is 22.6 Å². The number of nitrogens with zero attached hydrogens (tertiary/aromatic N) is 3. The van der Waals surface area contributed by atoms with Crippen LogP contribution in [0.15, 0.2) is 45.2 Å². The molecular formula is C19H21N3O5S. The smallest absolute Gasteiger partial charge is 0.362 e. The van der Waals surface area contributed by atoms with Crippen LogP contribution in [0.1, 0.15) is 11.1 Å². The predicted molar refractivity (Wildman–Crippen MR) is 109 cm³/mol. The zero-order valence-corrected chi connectivity index (χ0v) is 16.6. The zero-order valence-electron chi connectivity index (χ0n) is 15.8. The summed E-state index contributed by atoms with van der Waals surface area (Å²) in [5.41, 5.74) is 2.11. The van der Waals surface area contributed by atoms with Gasteiger partial charge in [-0.3, -0.25) is 0 Å². The summed E-state index contributed by atoms with van der Waals surface area (Å²) in [5.74, 6) is 1.72. The normalized spacial score (nSPS) is 14.2. The van der Waals surface area contributed by atoms with Gasteiger partial charge in [0.1, 0.15) is 12.4 Å². The minimum absolute atomic E-state index is 0.478. The average molecular weight is 403 g/mol. The molecule has 0 saturated carbocycles. The lowest BCUT2D eigenvalue weighted by atomic mass is 10.2. The summed E-state index contributed by atoms with van der Waals surface area (Å²) in [6.07, 6.45) is 2.46. The van der Waals surface area contributed by atoms with Crippen LogP contribution < -0.4 is 19.1 Å². The van der Waals surface area contributed by atoms with E-state index in [-0.39, 0.29) is 0 Å². The molecule has 0 bridgehead atoms. The van der Waals surface area contributed by atoms with Gasteiger partial charge in [0, 0.05) is 19.5 Å². The highest BCUT2D eigenvalue weighted by Gasteiger charge is 2.14. The van der Waals surface area contributed by atoms with Crippen LogP contribution in [-0.2, 0) is 10.2 Å². The highest BCUT2D eigenvalue weighted by atomic mass is 32.2. The Morgan fingerprint density at radius 1 is 1.00 bits per heavy atom. The van der Waals surface area contributed by atoms with Gasteiger partial charge in [-0.2, -0.15) is 17.2 Å². The second-order valence-electron chi connectivity index (χ2n) is 6.03. The van der Waals surface area contributed by atoms with E-state index in [9.17, 15) is 8.42 Å². The second kappa shape index (κ2) is 8.30. The monoisotopic (exact) mass is 403 g/mol. The molecule has 0 amide bonds. The van der Waals surface area contributed by atoms with Crippen molar-refractivity contribution in [2.45, 2.75) is 0 Å². The third-order valence-electron chi connectivity index (χ3n) is 4.16. The van der Waals surface area contributed by atoms with Crippen molar-refractivity contribution in [3.63, 3.8) is 0 Å². The summed E-state index contributed by atoms with van der Waals surface area (Å²) in [5, 5.41) is 0. The van der Waals surface area contributed by atoms with E-state index in [1.165, 1.54) is 26.6 Å². The quantitative estimate of drug-likeness (QED) is 0.688. The van der Waals surface area contributed by atoms with E-state index in [0.29, 0.717) is 35.0 Å². The van der Waals surface area contributed by atoms with Crippen LogP contribution in [0.2, 0.25) is 0 Å². The molecule has 1 aliphatic rings. The van der Waals surface area contributed by atoms with Gasteiger partial charge in [0.15, 0.2) is 11.5 Å². The van der Waals surface area contributed by atoms with Crippen LogP contribution in [0.3, 0.4) is 0 Å². The number of anilines is 1. The van der Waals surface area contributed by atoms with Crippen LogP contribution >= 0.6 is 0 Å². The topological polar surface area (TPSA) is 89.8 Å². The van der Waals surface area contributed by atoms with Gasteiger partial charge in [0.25, 0.3) is 0 Å². The number of hydrogen-bond donors (Lipinski definition) is 0. The molecule has 2 aromatic rings. The minimum atomic E-state index is -4.03. The van der Waals surface area contributed by atoms with Crippen molar-refractivity contribution in [2.75, 3.05) is 39.3 Å². The van der Waals surface area contributed by atoms with Crippen LogP contribution in [-0.4, -0.2) is 55.3 Å². The number of benzene rings is 2. The Hall–Kier alpha value is -3.07. The molecule has 8 nitrogen and oxygen atoms in total. The van der Waals surface area contributed by atoms with Crippen molar-refractivity contribution in [3.8, 4) is 17.2 Å². The first-order valence-corrected chi connectivity index (χ1v) is 9.87. The van der Waals surface area contributed by atoms with Crippen LogP contribution in [0.5, 0.6) is 17.2 Å². The molecule has 0 N–H and O–H groups in total. The lowest BCUT2D eigenvalue weighted by Crippen LogP contribution is -2.28. The number of rotatable bonds is 6. The molecule has 0 unspecified atom stereocenters. The molecule has 0 fully saturated rings. The Balaban J connectivity index is 1.76. The molecule has 28 heavy (non-hydrogen) atoms. The van der Waals surface area contributed by atoms with Gasteiger partial charge in [-0.25, -0.2) is 0 Å². The van der Waals surface area contributed by atoms with Crippen LogP contribution in [0.25, 0.3) is 0 Å². The van der Waals surface area contributed by atoms with E-state index in [1.54, 1.807) is 30.3 Å². The Morgan fingerprint density at radius 3 is 2.32 bits per heavy atom. The Bertz CT molecular complexity index is 1020. The first-order chi connectivity index (χ1) is 13.4. The highest BCUT2D eigenvalue weighted by molar-refractivity contribution is 7.89. The summed E-state index contributed by atoms with van der Waals surface area (Å²) in [7, 11) is 0.967. The molecule has 2 aromatic carbocycles.